The molecule has 3 rings (SSSR count). The van der Waals surface area contributed by atoms with Crippen molar-refractivity contribution in [2.24, 2.45) is 0 Å². The molecule has 0 fully saturated rings. The lowest BCUT2D eigenvalue weighted by Crippen LogP contribution is -2.34. The van der Waals surface area contributed by atoms with Crippen molar-refractivity contribution < 1.29 is 14.7 Å². The lowest BCUT2D eigenvalue weighted by molar-refractivity contribution is -0.142. The van der Waals surface area contributed by atoms with Gasteiger partial charge in [0.2, 0.25) is 5.91 Å². The van der Waals surface area contributed by atoms with Gasteiger partial charge in [0, 0.05) is 10.9 Å². The highest BCUT2D eigenvalue weighted by Gasteiger charge is 2.22. The molecule has 0 radical (unpaired) electrons. The van der Waals surface area contributed by atoms with Crippen LogP contribution in [-0.4, -0.2) is 22.0 Å². The third-order valence-electron chi connectivity index (χ3n) is 4.40. The first-order valence-corrected chi connectivity index (χ1v) is 9.94. The number of aromatic nitrogens is 1. The lowest BCUT2D eigenvalue weighted by Gasteiger charge is -2.14. The molecule has 1 heterocycles. The molecular weight excluding hydrogens is 372 g/mol. The van der Waals surface area contributed by atoms with E-state index in [0.717, 1.165) is 10.6 Å². The average Bonchev–Trinajstić information content (AvgIpc) is 3.15. The molecule has 2 aromatic carbocycles. The molecule has 28 heavy (non-hydrogen) atoms. The summed E-state index contributed by atoms with van der Waals surface area (Å²) in [5.41, 5.74) is 3.43. The van der Waals surface area contributed by atoms with Crippen LogP contribution in [0.4, 0.5) is 0 Å². The van der Waals surface area contributed by atoms with Crippen LogP contribution in [0.3, 0.4) is 0 Å². The Morgan fingerprint density at radius 1 is 1.04 bits per heavy atom. The number of nitrogens with zero attached hydrogens (tertiary/aromatic N) is 1. The number of aliphatic carboxylic acids is 1. The van der Waals surface area contributed by atoms with Gasteiger partial charge in [-0.05, 0) is 17.0 Å². The Labute approximate surface area is 168 Å². The van der Waals surface area contributed by atoms with Crippen molar-refractivity contribution in [2.45, 2.75) is 32.2 Å². The van der Waals surface area contributed by atoms with Crippen molar-refractivity contribution >= 4 is 23.2 Å². The van der Waals surface area contributed by atoms with Gasteiger partial charge in [0.25, 0.3) is 0 Å². The minimum atomic E-state index is -1.09. The molecule has 0 aliphatic heterocycles. The molecule has 6 heteroatoms. The number of hydrogen-bond donors (Lipinski definition) is 2. The first-order chi connectivity index (χ1) is 13.4. The van der Waals surface area contributed by atoms with Gasteiger partial charge in [-0.25, -0.2) is 9.78 Å². The Morgan fingerprint density at radius 3 is 2.32 bits per heavy atom. The fraction of sp³-hybridized carbons (Fsp3) is 0.227. The van der Waals surface area contributed by atoms with Gasteiger partial charge in [0.05, 0.1) is 12.1 Å². The fourth-order valence-electron chi connectivity index (χ4n) is 2.84. The molecule has 0 aliphatic carbocycles. The smallest absolute Gasteiger partial charge is 0.330 e. The topological polar surface area (TPSA) is 79.3 Å². The van der Waals surface area contributed by atoms with E-state index in [1.165, 1.54) is 16.9 Å². The van der Waals surface area contributed by atoms with Crippen molar-refractivity contribution in [1.82, 2.24) is 10.3 Å². The number of rotatable bonds is 7. The van der Waals surface area contributed by atoms with Gasteiger partial charge in [0.15, 0.2) is 6.04 Å². The summed E-state index contributed by atoms with van der Waals surface area (Å²) in [4.78, 5) is 28.4. The second-order valence-corrected chi connectivity index (χ2v) is 7.71. The van der Waals surface area contributed by atoms with E-state index in [1.807, 2.05) is 17.5 Å². The Hall–Kier alpha value is -2.99. The molecular formula is C22H22N2O3S. The maximum atomic E-state index is 12.4. The molecule has 1 atom stereocenters. The number of benzene rings is 2. The molecule has 1 unspecified atom stereocenters. The second-order valence-electron chi connectivity index (χ2n) is 6.85. The standard InChI is InChI=1S/C22H22N2O3S/c1-14(2)15-8-10-17(11-9-15)21-23-18(13-28-21)12-19(25)24-20(22(26)27)16-6-4-3-5-7-16/h3-11,13-14,20H,12H2,1-2H3,(H,24,25)(H,26,27). The van der Waals surface area contributed by atoms with Crippen LogP contribution in [0.5, 0.6) is 0 Å². The Kier molecular flexibility index (Phi) is 6.21. The van der Waals surface area contributed by atoms with Gasteiger partial charge < -0.3 is 10.4 Å². The molecule has 2 N–H and O–H groups in total. The van der Waals surface area contributed by atoms with Crippen molar-refractivity contribution in [1.29, 1.82) is 0 Å². The number of hydrogen-bond acceptors (Lipinski definition) is 4. The number of thiazole rings is 1. The largest absolute Gasteiger partial charge is 0.479 e. The fourth-order valence-corrected chi connectivity index (χ4v) is 3.67. The van der Waals surface area contributed by atoms with E-state index in [4.69, 9.17) is 0 Å². The van der Waals surface area contributed by atoms with Crippen LogP contribution in [0.1, 0.15) is 42.6 Å². The summed E-state index contributed by atoms with van der Waals surface area (Å²) in [5, 5.41) is 14.7. The van der Waals surface area contributed by atoms with Crippen LogP contribution in [0.2, 0.25) is 0 Å². The zero-order chi connectivity index (χ0) is 20.1. The van der Waals surface area contributed by atoms with E-state index in [0.29, 0.717) is 17.2 Å². The third-order valence-corrected chi connectivity index (χ3v) is 5.34. The van der Waals surface area contributed by atoms with Gasteiger partial charge in [-0.2, -0.15) is 0 Å². The first kappa shape index (κ1) is 19.8. The monoisotopic (exact) mass is 394 g/mol. The summed E-state index contributed by atoms with van der Waals surface area (Å²) in [6.07, 6.45) is 0.0389. The molecule has 3 aromatic rings. The zero-order valence-corrected chi connectivity index (χ0v) is 16.6. The highest BCUT2D eigenvalue weighted by Crippen LogP contribution is 2.26. The quantitative estimate of drug-likeness (QED) is 0.622. The van der Waals surface area contributed by atoms with Gasteiger partial charge in [-0.15, -0.1) is 11.3 Å². The number of nitrogens with one attached hydrogen (secondary N) is 1. The summed E-state index contributed by atoms with van der Waals surface area (Å²) in [7, 11) is 0. The summed E-state index contributed by atoms with van der Waals surface area (Å²) in [6.45, 7) is 4.30. The predicted molar refractivity (Wildman–Crippen MR) is 110 cm³/mol. The molecule has 0 saturated heterocycles. The molecule has 0 saturated carbocycles. The van der Waals surface area contributed by atoms with E-state index in [-0.39, 0.29) is 12.3 Å². The average molecular weight is 394 g/mol. The van der Waals surface area contributed by atoms with Gasteiger partial charge >= 0.3 is 5.97 Å². The van der Waals surface area contributed by atoms with Crippen LogP contribution in [-0.2, 0) is 16.0 Å². The van der Waals surface area contributed by atoms with Crippen LogP contribution >= 0.6 is 11.3 Å². The van der Waals surface area contributed by atoms with Crippen molar-refractivity contribution in [3.05, 3.63) is 76.8 Å². The number of carbonyl (C=O) groups is 2. The maximum Gasteiger partial charge on any atom is 0.330 e. The molecule has 1 aromatic heterocycles. The molecule has 144 valence electrons. The van der Waals surface area contributed by atoms with E-state index in [9.17, 15) is 14.7 Å². The van der Waals surface area contributed by atoms with Crippen LogP contribution in [0.25, 0.3) is 10.6 Å². The van der Waals surface area contributed by atoms with E-state index in [2.05, 4.69) is 36.3 Å². The van der Waals surface area contributed by atoms with Crippen LogP contribution in [0, 0.1) is 0 Å². The number of carbonyl (C=O) groups excluding carboxylic acids is 1. The maximum absolute atomic E-state index is 12.4. The molecule has 0 bridgehead atoms. The zero-order valence-electron chi connectivity index (χ0n) is 15.8. The highest BCUT2D eigenvalue weighted by atomic mass is 32.1. The summed E-state index contributed by atoms with van der Waals surface area (Å²) < 4.78 is 0. The van der Waals surface area contributed by atoms with Crippen LogP contribution in [0.15, 0.2) is 60.0 Å². The number of amides is 1. The molecule has 0 aliphatic rings. The van der Waals surface area contributed by atoms with E-state index >= 15 is 0 Å². The second kappa shape index (κ2) is 8.80. The van der Waals surface area contributed by atoms with Crippen molar-refractivity contribution in [3.8, 4) is 10.6 Å². The molecule has 5 nitrogen and oxygen atoms in total. The summed E-state index contributed by atoms with van der Waals surface area (Å²) in [6, 6.07) is 15.8. The van der Waals surface area contributed by atoms with Crippen molar-refractivity contribution in [2.75, 3.05) is 0 Å². The third kappa shape index (κ3) is 4.84. The Morgan fingerprint density at radius 2 is 1.71 bits per heavy atom. The van der Waals surface area contributed by atoms with Crippen molar-refractivity contribution in [3.63, 3.8) is 0 Å². The summed E-state index contributed by atoms with van der Waals surface area (Å²) >= 11 is 1.47. The van der Waals surface area contributed by atoms with Gasteiger partial charge in [-0.3, -0.25) is 4.79 Å². The first-order valence-electron chi connectivity index (χ1n) is 9.06. The Balaban J connectivity index is 1.67. The number of carboxylic acid groups (broad SMARTS) is 1. The number of carboxylic acids is 1. The van der Waals surface area contributed by atoms with E-state index < -0.39 is 12.0 Å². The van der Waals surface area contributed by atoms with Crippen LogP contribution < -0.4 is 5.32 Å². The molecule has 1 amide bonds. The Bertz CT molecular complexity index is 949. The predicted octanol–water partition coefficient (Wildman–Crippen LogP) is 4.42. The van der Waals surface area contributed by atoms with Gasteiger partial charge in [0.1, 0.15) is 5.01 Å². The minimum Gasteiger partial charge on any atom is -0.479 e. The van der Waals surface area contributed by atoms with Gasteiger partial charge in [-0.1, -0.05) is 68.4 Å². The molecule has 0 spiro atoms. The SMILES string of the molecule is CC(C)c1ccc(-c2nc(CC(=O)NC(C(=O)O)c3ccccc3)cs2)cc1. The normalized spacial score (nSPS) is 12.0. The summed E-state index contributed by atoms with van der Waals surface area (Å²) in [5.74, 6) is -0.997. The lowest BCUT2D eigenvalue weighted by atomic mass is 10.0. The highest BCUT2D eigenvalue weighted by molar-refractivity contribution is 7.13. The minimum absolute atomic E-state index is 0.0389. The van der Waals surface area contributed by atoms with E-state index in [1.54, 1.807) is 30.3 Å².